The second-order valence-electron chi connectivity index (χ2n) is 26.0. The molecule has 0 bridgehead atoms. The number of nitrogens with one attached hydrogen (secondary N) is 1. The third-order valence-corrected chi connectivity index (χ3v) is 17.6. The van der Waals surface area contributed by atoms with E-state index < -0.39 is 124 Å². The van der Waals surface area contributed by atoms with Crippen molar-refractivity contribution in [2.75, 3.05) is 26.4 Å². The van der Waals surface area contributed by atoms with Crippen molar-refractivity contribution in [1.29, 1.82) is 0 Å². The number of aliphatic hydroxyl groups is 11. The summed E-state index contributed by atoms with van der Waals surface area (Å²) in [5, 5.41) is 121. The van der Waals surface area contributed by atoms with E-state index in [2.05, 4.69) is 153 Å². The molecule has 19 heteroatoms. The smallest absolute Gasteiger partial charge is 0.220 e. The highest BCUT2D eigenvalue weighted by Gasteiger charge is 2.53. The average Bonchev–Trinajstić information content (AvgIpc) is 0.786. The van der Waals surface area contributed by atoms with Crippen LogP contribution in [0.2, 0.25) is 0 Å². The van der Waals surface area contributed by atoms with Crippen LogP contribution < -0.4 is 5.32 Å². The molecule has 99 heavy (non-hydrogen) atoms. The standard InChI is InChI=1S/C80H131NO18/c1-3-5-7-9-11-13-15-17-19-21-22-23-24-25-26-27-28-29-30-31-32-33-34-35-36-37-38-39-40-42-44-46-48-50-52-54-56-58-68(86)81-63(64(85)57-55-53-51-49-47-45-43-41-20-18-16-14-12-10-8-6-4-2)62-94-78-74(92)71(89)76(66(60-83)96-78)99-80-75(93)72(90)77(67(61-84)97-80)98-79-73(91)70(88)69(87)65(59-82)95-79/h5,7,11,13,17,19,22-23,25-26,28-29,31-32,34-35,37-38,40,42,46,48,55,57,63-67,69-80,82-85,87-93H,3-4,6,8-10,12,14-16,18,20-21,24,27,30,33,36,39,41,43-45,47,49-54,56,58-62H2,1-2H3,(H,81,86)/b7-5-,13-11-,19-17-,23-22-,26-25-,29-28-,32-31-,35-34-,38-37-,42-40-,48-46-,57-55+. The summed E-state index contributed by atoms with van der Waals surface area (Å²) in [6.45, 7) is 1.58. The summed E-state index contributed by atoms with van der Waals surface area (Å²) in [5.74, 6) is -0.313. The molecule has 1 amide bonds. The molecule has 0 spiro atoms. The summed E-state index contributed by atoms with van der Waals surface area (Å²) < 4.78 is 34.3. The van der Waals surface area contributed by atoms with Gasteiger partial charge in [0.25, 0.3) is 0 Å². The van der Waals surface area contributed by atoms with Crippen LogP contribution in [-0.4, -0.2) is 193 Å². The van der Waals surface area contributed by atoms with Gasteiger partial charge in [0.15, 0.2) is 18.9 Å². The van der Waals surface area contributed by atoms with Crippen molar-refractivity contribution < 1.29 is 89.4 Å². The van der Waals surface area contributed by atoms with Crippen LogP contribution in [0.4, 0.5) is 0 Å². The fourth-order valence-electron chi connectivity index (χ4n) is 11.6. The molecule has 17 unspecified atom stereocenters. The Labute approximate surface area is 593 Å². The Kier molecular flexibility index (Phi) is 53.1. The van der Waals surface area contributed by atoms with Crippen molar-refractivity contribution in [3.8, 4) is 0 Å². The van der Waals surface area contributed by atoms with Crippen LogP contribution in [-0.2, 0) is 33.2 Å². The minimum atomic E-state index is -1.99. The van der Waals surface area contributed by atoms with Crippen molar-refractivity contribution in [1.82, 2.24) is 5.32 Å². The van der Waals surface area contributed by atoms with Crippen LogP contribution in [0.1, 0.15) is 219 Å². The molecule has 564 valence electrons. The maximum absolute atomic E-state index is 13.4. The summed E-state index contributed by atoms with van der Waals surface area (Å²) in [6.07, 6.45) is 58.2. The summed E-state index contributed by atoms with van der Waals surface area (Å²) in [6, 6.07) is -1.00. The second kappa shape index (κ2) is 59.1. The first-order chi connectivity index (χ1) is 48.3. The van der Waals surface area contributed by atoms with Gasteiger partial charge in [0.05, 0.1) is 38.6 Å². The molecule has 0 aromatic carbocycles. The lowest BCUT2D eigenvalue weighted by Crippen LogP contribution is -2.66. The number of carbonyl (C=O) groups excluding carboxylic acids is 1. The predicted molar refractivity (Wildman–Crippen MR) is 392 cm³/mol. The first-order valence-corrected chi connectivity index (χ1v) is 37.6. The predicted octanol–water partition coefficient (Wildman–Crippen LogP) is 11.5. The summed E-state index contributed by atoms with van der Waals surface area (Å²) >= 11 is 0. The zero-order chi connectivity index (χ0) is 71.8. The number of rotatable bonds is 56. The molecule has 3 rings (SSSR count). The van der Waals surface area contributed by atoms with Gasteiger partial charge in [-0.25, -0.2) is 0 Å². The Morgan fingerprint density at radius 1 is 0.374 bits per heavy atom. The van der Waals surface area contributed by atoms with Gasteiger partial charge in [0.1, 0.15) is 73.2 Å². The molecule has 3 saturated heterocycles. The summed E-state index contributed by atoms with van der Waals surface area (Å²) in [4.78, 5) is 13.4. The minimum absolute atomic E-state index is 0.193. The number of hydrogen-bond donors (Lipinski definition) is 12. The van der Waals surface area contributed by atoms with Crippen LogP contribution in [0.15, 0.2) is 146 Å². The molecule has 3 heterocycles. The van der Waals surface area contributed by atoms with Gasteiger partial charge in [-0.1, -0.05) is 256 Å². The maximum Gasteiger partial charge on any atom is 0.220 e. The average molecular weight is 1390 g/mol. The second-order valence-corrected chi connectivity index (χ2v) is 26.0. The highest BCUT2D eigenvalue weighted by Crippen LogP contribution is 2.33. The Morgan fingerprint density at radius 2 is 0.697 bits per heavy atom. The van der Waals surface area contributed by atoms with Gasteiger partial charge in [0, 0.05) is 6.42 Å². The number of unbranched alkanes of at least 4 members (excludes halogenated alkanes) is 18. The number of aliphatic hydroxyl groups excluding tert-OH is 11. The van der Waals surface area contributed by atoms with Crippen LogP contribution in [0.5, 0.6) is 0 Å². The van der Waals surface area contributed by atoms with Gasteiger partial charge in [0.2, 0.25) is 5.91 Å². The first kappa shape index (κ1) is 88.9. The lowest BCUT2D eigenvalue weighted by molar-refractivity contribution is -0.379. The number of ether oxygens (including phenoxy) is 6. The van der Waals surface area contributed by atoms with Crippen molar-refractivity contribution in [2.45, 2.75) is 324 Å². The van der Waals surface area contributed by atoms with Crippen molar-refractivity contribution >= 4 is 5.91 Å². The zero-order valence-electron chi connectivity index (χ0n) is 59.9. The van der Waals surface area contributed by atoms with Crippen LogP contribution >= 0.6 is 0 Å². The Hall–Kier alpha value is -4.33. The van der Waals surface area contributed by atoms with Gasteiger partial charge < -0.3 is 89.9 Å². The van der Waals surface area contributed by atoms with E-state index in [1.54, 1.807) is 6.08 Å². The first-order valence-electron chi connectivity index (χ1n) is 37.6. The third kappa shape index (κ3) is 39.8. The maximum atomic E-state index is 13.4. The van der Waals surface area contributed by atoms with E-state index in [0.717, 1.165) is 116 Å². The monoisotopic (exact) mass is 1390 g/mol. The van der Waals surface area contributed by atoms with Crippen molar-refractivity contribution in [2.24, 2.45) is 0 Å². The largest absolute Gasteiger partial charge is 0.394 e. The quantitative estimate of drug-likeness (QED) is 0.0199. The topological polar surface area (TPSA) is 307 Å². The molecule has 0 radical (unpaired) electrons. The molecular formula is C80H131NO18. The van der Waals surface area contributed by atoms with Crippen LogP contribution in [0, 0.1) is 0 Å². The van der Waals surface area contributed by atoms with E-state index in [9.17, 15) is 61.0 Å². The molecular weight excluding hydrogens is 1260 g/mol. The van der Waals surface area contributed by atoms with E-state index in [4.69, 9.17) is 28.4 Å². The molecule has 0 aromatic rings. The molecule has 0 aliphatic carbocycles. The van der Waals surface area contributed by atoms with Crippen LogP contribution in [0.3, 0.4) is 0 Å². The summed E-state index contributed by atoms with van der Waals surface area (Å²) in [7, 11) is 0. The van der Waals surface area contributed by atoms with E-state index in [0.29, 0.717) is 6.42 Å². The molecule has 3 fully saturated rings. The van der Waals surface area contributed by atoms with Gasteiger partial charge >= 0.3 is 0 Å². The molecule has 3 aliphatic heterocycles. The molecule has 17 atom stereocenters. The molecule has 0 saturated carbocycles. The molecule has 12 N–H and O–H groups in total. The SMILES string of the molecule is CC/C=C\C/C=C\C/C=C\C/C=C\C/C=C\C/C=C\C/C=C\C/C=C\C/C=C\C/C=C\C/C=C\CCCCCC(=O)NC(COC1OC(CO)C(OC2OC(CO)C(OC3OC(CO)C(O)C(O)C3O)C(O)C2O)C(O)C1O)C(O)/C=C/CCCCCCCCCCCCCCCCC. The van der Waals surface area contributed by atoms with Gasteiger partial charge in [-0.3, -0.25) is 4.79 Å². The lowest BCUT2D eigenvalue weighted by Gasteiger charge is -2.48. The summed E-state index contributed by atoms with van der Waals surface area (Å²) in [5.41, 5.74) is 0. The van der Waals surface area contributed by atoms with Gasteiger partial charge in [-0.15, -0.1) is 0 Å². The van der Waals surface area contributed by atoms with E-state index in [1.807, 2.05) is 6.08 Å². The Morgan fingerprint density at radius 3 is 1.09 bits per heavy atom. The molecule has 3 aliphatic rings. The number of amides is 1. The van der Waals surface area contributed by atoms with Gasteiger partial charge in [-0.2, -0.15) is 0 Å². The fraction of sp³-hybridized carbons (Fsp3) is 0.688. The fourth-order valence-corrected chi connectivity index (χ4v) is 11.6. The number of carbonyl (C=O) groups is 1. The number of hydrogen-bond acceptors (Lipinski definition) is 18. The van der Waals surface area contributed by atoms with Gasteiger partial charge in [-0.05, 0) is 103 Å². The third-order valence-electron chi connectivity index (χ3n) is 17.6. The van der Waals surface area contributed by atoms with Crippen LogP contribution in [0.25, 0.3) is 0 Å². The van der Waals surface area contributed by atoms with Crippen molar-refractivity contribution in [3.63, 3.8) is 0 Å². The number of allylic oxidation sites excluding steroid dienone is 23. The molecule has 0 aromatic heterocycles. The van der Waals surface area contributed by atoms with Crippen molar-refractivity contribution in [3.05, 3.63) is 146 Å². The zero-order valence-corrected chi connectivity index (χ0v) is 59.9. The lowest BCUT2D eigenvalue weighted by atomic mass is 9.96. The van der Waals surface area contributed by atoms with E-state index in [1.165, 1.54) is 77.0 Å². The highest BCUT2D eigenvalue weighted by atomic mass is 16.8. The highest BCUT2D eigenvalue weighted by molar-refractivity contribution is 5.76. The van der Waals surface area contributed by atoms with E-state index >= 15 is 0 Å². The normalized spacial score (nSPS) is 27.5. The Balaban J connectivity index is 1.40. The minimum Gasteiger partial charge on any atom is -0.394 e. The Bertz CT molecular complexity index is 2360. The molecule has 19 nitrogen and oxygen atoms in total. The van der Waals surface area contributed by atoms with E-state index in [-0.39, 0.29) is 18.9 Å².